The Hall–Kier alpha value is -0.420. The van der Waals surface area contributed by atoms with E-state index in [1.807, 2.05) is 0 Å². The van der Waals surface area contributed by atoms with Crippen molar-refractivity contribution in [2.75, 3.05) is 0 Å². The minimum Gasteiger partial charge on any atom is -0.460 e. The van der Waals surface area contributed by atoms with Gasteiger partial charge in [0.05, 0.1) is 0 Å². The maximum atomic E-state index is 13.1. The average Bonchev–Trinajstić information content (AvgIpc) is 3.09. The van der Waals surface area contributed by atoms with Crippen molar-refractivity contribution in [2.45, 2.75) is 104 Å². The highest BCUT2D eigenvalue weighted by Gasteiger charge is 2.50. The van der Waals surface area contributed by atoms with Crippen LogP contribution in [0.3, 0.4) is 0 Å². The summed E-state index contributed by atoms with van der Waals surface area (Å²) in [6.45, 7) is 13.0. The lowest BCUT2D eigenvalue weighted by molar-refractivity contribution is -0.176. The third kappa shape index (κ3) is 6.37. The molecule has 2 saturated carbocycles. The van der Waals surface area contributed by atoms with Gasteiger partial charge in [0.2, 0.25) is 0 Å². The molecule has 1 aliphatic heterocycles. The van der Waals surface area contributed by atoms with Gasteiger partial charge in [-0.1, -0.05) is 54.4 Å². The fourth-order valence-electron chi connectivity index (χ4n) is 5.58. The predicted octanol–water partition coefficient (Wildman–Crippen LogP) is 6.24. The van der Waals surface area contributed by atoms with Gasteiger partial charge in [0.15, 0.2) is 12.2 Å². The van der Waals surface area contributed by atoms with Crippen LogP contribution in [0.4, 0.5) is 0 Å². The first-order valence-electron chi connectivity index (χ1n) is 12.3. The normalized spacial score (nSPS) is 38.8. The van der Waals surface area contributed by atoms with Crippen molar-refractivity contribution in [1.82, 2.24) is 0 Å². The van der Waals surface area contributed by atoms with Gasteiger partial charge in [0.1, 0.15) is 12.2 Å². The number of halogens is 1. The van der Waals surface area contributed by atoms with Gasteiger partial charge in [-0.2, -0.15) is 0 Å². The molecule has 0 bridgehead atoms. The van der Waals surface area contributed by atoms with Gasteiger partial charge in [0.25, 0.3) is 7.73 Å². The summed E-state index contributed by atoms with van der Waals surface area (Å²) in [7, 11) is -1.85. The zero-order valence-corrected chi connectivity index (χ0v) is 21.9. The van der Waals surface area contributed by atoms with E-state index in [1.165, 1.54) is 0 Å². The smallest absolute Gasteiger partial charge is 0.339 e. The van der Waals surface area contributed by atoms with Crippen LogP contribution in [-0.4, -0.2) is 36.4 Å². The Kier molecular flexibility index (Phi) is 9.28. The SMILES string of the molecule is CC(C)[C@H]1CC[C@H](C)C[C@@H]1OC(=O)[C@@H]1OP(Cl)O[C@H]1C(=O)O[C@H]1C[C@@H](C)CC[C@@H]1C(C)C. The molecule has 0 amide bonds. The van der Waals surface area contributed by atoms with Crippen molar-refractivity contribution < 1.29 is 28.1 Å². The van der Waals surface area contributed by atoms with E-state index in [2.05, 4.69) is 41.5 Å². The highest BCUT2D eigenvalue weighted by atomic mass is 35.7. The van der Waals surface area contributed by atoms with Crippen molar-refractivity contribution in [3.63, 3.8) is 0 Å². The molecule has 0 aromatic rings. The second kappa shape index (κ2) is 11.3. The Labute approximate surface area is 199 Å². The number of ether oxygens (including phenoxy) is 2. The minimum atomic E-state index is -1.85. The summed E-state index contributed by atoms with van der Waals surface area (Å²) in [5.74, 6) is 1.28. The number of hydrogen-bond acceptors (Lipinski definition) is 6. The van der Waals surface area contributed by atoms with Crippen LogP contribution in [0, 0.1) is 35.5 Å². The second-order valence-corrected chi connectivity index (χ2v) is 12.5. The molecule has 2 aliphatic carbocycles. The van der Waals surface area contributed by atoms with Gasteiger partial charge in [-0.05, 0) is 72.4 Å². The fraction of sp³-hybridized carbons (Fsp3) is 0.917. The summed E-state index contributed by atoms with van der Waals surface area (Å²) in [5.41, 5.74) is 0. The summed E-state index contributed by atoms with van der Waals surface area (Å²) in [6.07, 6.45) is 3.27. The molecular formula is C24H40ClO6P. The Morgan fingerprint density at radius 3 is 1.50 bits per heavy atom. The third-order valence-corrected chi connectivity index (χ3v) is 8.85. The molecule has 0 aromatic carbocycles. The van der Waals surface area contributed by atoms with Crippen LogP contribution < -0.4 is 0 Å². The first-order valence-corrected chi connectivity index (χ1v) is 14.4. The van der Waals surface area contributed by atoms with Crippen LogP contribution in [0.2, 0.25) is 0 Å². The first-order chi connectivity index (χ1) is 15.1. The molecule has 8 heteroatoms. The Bertz CT molecular complexity index is 604. The molecule has 1 saturated heterocycles. The molecule has 0 unspecified atom stereocenters. The lowest BCUT2D eigenvalue weighted by Crippen LogP contribution is -2.45. The van der Waals surface area contributed by atoms with Gasteiger partial charge < -0.3 is 18.5 Å². The van der Waals surface area contributed by atoms with Gasteiger partial charge >= 0.3 is 11.9 Å². The standard InChI is InChI=1S/C24H40ClO6P/c1-13(2)17-9-7-15(5)11-19(17)28-23(26)21-22(31-32(25)30-21)24(27)29-20-12-16(6)8-10-18(20)14(3)4/h13-22H,7-12H2,1-6H3/t15-,16-,17+,18+,19-,20-,21+,22+/m0/s1. The molecule has 3 rings (SSSR count). The van der Waals surface area contributed by atoms with Gasteiger partial charge in [-0.15, -0.1) is 0 Å². The molecular weight excluding hydrogens is 451 g/mol. The number of hydrogen-bond donors (Lipinski definition) is 0. The molecule has 3 fully saturated rings. The topological polar surface area (TPSA) is 71.1 Å². The van der Waals surface area contributed by atoms with Gasteiger partial charge in [-0.3, -0.25) is 0 Å². The second-order valence-electron chi connectivity index (χ2n) is 10.9. The average molecular weight is 491 g/mol. The molecule has 0 N–H and O–H groups in total. The summed E-state index contributed by atoms with van der Waals surface area (Å²) in [6, 6.07) is 0. The van der Waals surface area contributed by atoms with Gasteiger partial charge in [0, 0.05) is 0 Å². The summed E-state index contributed by atoms with van der Waals surface area (Å²) < 4.78 is 22.9. The van der Waals surface area contributed by atoms with E-state index in [9.17, 15) is 9.59 Å². The van der Waals surface area contributed by atoms with Crippen molar-refractivity contribution in [3.8, 4) is 0 Å². The van der Waals surface area contributed by atoms with Gasteiger partial charge in [-0.25, -0.2) is 9.59 Å². The Morgan fingerprint density at radius 2 is 1.16 bits per heavy atom. The molecule has 1 heterocycles. The van der Waals surface area contributed by atoms with Crippen molar-refractivity contribution >= 4 is 30.9 Å². The molecule has 0 spiro atoms. The van der Waals surface area contributed by atoms with Crippen LogP contribution in [0.1, 0.15) is 80.1 Å². The minimum absolute atomic E-state index is 0.182. The van der Waals surface area contributed by atoms with Crippen molar-refractivity contribution in [3.05, 3.63) is 0 Å². The van der Waals surface area contributed by atoms with E-state index < -0.39 is 31.9 Å². The lowest BCUT2D eigenvalue weighted by Gasteiger charge is -2.37. The van der Waals surface area contributed by atoms with E-state index >= 15 is 0 Å². The van der Waals surface area contributed by atoms with Crippen LogP contribution in [0.5, 0.6) is 0 Å². The van der Waals surface area contributed by atoms with Crippen molar-refractivity contribution in [2.24, 2.45) is 35.5 Å². The fourth-order valence-corrected chi connectivity index (χ4v) is 6.90. The maximum absolute atomic E-state index is 13.1. The number of rotatable bonds is 6. The quantitative estimate of drug-likeness (QED) is 0.324. The van der Waals surface area contributed by atoms with E-state index in [0.29, 0.717) is 35.5 Å². The Balaban J connectivity index is 1.67. The molecule has 6 nitrogen and oxygen atoms in total. The molecule has 3 aliphatic rings. The first kappa shape index (κ1) is 26.2. The van der Waals surface area contributed by atoms with Crippen molar-refractivity contribution in [1.29, 1.82) is 0 Å². The molecule has 8 atom stereocenters. The Morgan fingerprint density at radius 1 is 0.781 bits per heavy atom. The maximum Gasteiger partial charge on any atom is 0.339 e. The monoisotopic (exact) mass is 490 g/mol. The highest BCUT2D eigenvalue weighted by molar-refractivity contribution is 7.76. The zero-order valence-electron chi connectivity index (χ0n) is 20.3. The lowest BCUT2D eigenvalue weighted by atomic mass is 9.75. The molecule has 32 heavy (non-hydrogen) atoms. The predicted molar refractivity (Wildman–Crippen MR) is 125 cm³/mol. The zero-order chi connectivity index (χ0) is 23.6. The van der Waals surface area contributed by atoms with Crippen LogP contribution >= 0.6 is 19.0 Å². The third-order valence-electron chi connectivity index (χ3n) is 7.59. The van der Waals surface area contributed by atoms with E-state index in [1.54, 1.807) is 0 Å². The largest absolute Gasteiger partial charge is 0.460 e. The van der Waals surface area contributed by atoms with Crippen LogP contribution in [0.25, 0.3) is 0 Å². The number of carbonyl (C=O) groups is 2. The summed E-state index contributed by atoms with van der Waals surface area (Å²) in [4.78, 5) is 26.2. The van der Waals surface area contributed by atoms with Crippen LogP contribution in [-0.2, 0) is 28.1 Å². The van der Waals surface area contributed by atoms with E-state index in [0.717, 1.165) is 38.5 Å². The van der Waals surface area contributed by atoms with E-state index in [4.69, 9.17) is 29.8 Å². The number of esters is 2. The molecule has 184 valence electrons. The molecule has 0 radical (unpaired) electrons. The number of carbonyl (C=O) groups excluding carboxylic acids is 2. The summed E-state index contributed by atoms with van der Waals surface area (Å²) >= 11 is 6.08. The van der Waals surface area contributed by atoms with Crippen LogP contribution in [0.15, 0.2) is 0 Å². The molecule has 0 aromatic heterocycles. The van der Waals surface area contributed by atoms with E-state index in [-0.39, 0.29) is 12.2 Å². The highest BCUT2D eigenvalue weighted by Crippen LogP contribution is 2.53. The summed E-state index contributed by atoms with van der Waals surface area (Å²) in [5, 5.41) is 0.